The number of para-hydroxylation sites is 1. The molecule has 0 N–H and O–H groups in total. The van der Waals surface area contributed by atoms with Gasteiger partial charge in [-0.05, 0) is 30.7 Å². The molecule has 0 heterocycles. The summed E-state index contributed by atoms with van der Waals surface area (Å²) in [7, 11) is 0. The summed E-state index contributed by atoms with van der Waals surface area (Å²) < 4.78 is 5.58. The van der Waals surface area contributed by atoms with E-state index in [1.165, 1.54) is 0 Å². The maximum absolute atomic E-state index is 5.58. The average molecular weight is 377 g/mol. The van der Waals surface area contributed by atoms with E-state index in [0.717, 1.165) is 39.4 Å². The van der Waals surface area contributed by atoms with Crippen LogP contribution >= 0.6 is 0 Å². The van der Waals surface area contributed by atoms with Gasteiger partial charge in [0.15, 0.2) is 0 Å². The third-order valence-electron chi connectivity index (χ3n) is 4.71. The summed E-state index contributed by atoms with van der Waals surface area (Å²) in [5.41, 5.74) is 6.32. The average Bonchev–Trinajstić information content (AvgIpc) is 2.80. The number of benzene rings is 4. The minimum absolute atomic E-state index is 0.664. The van der Waals surface area contributed by atoms with Crippen molar-refractivity contribution in [1.82, 2.24) is 0 Å². The lowest BCUT2D eigenvalue weighted by atomic mass is 10.0. The van der Waals surface area contributed by atoms with Crippen molar-refractivity contribution >= 4 is 11.4 Å². The second-order valence-electron chi connectivity index (χ2n) is 6.67. The second kappa shape index (κ2) is 9.03. The molecule has 0 amide bonds. The van der Waals surface area contributed by atoms with Gasteiger partial charge in [0.1, 0.15) is 5.75 Å². The number of hydrogen-bond donors (Lipinski definition) is 0. The fourth-order valence-corrected chi connectivity index (χ4v) is 3.32. The first-order valence-electron chi connectivity index (χ1n) is 9.87. The van der Waals surface area contributed by atoms with Crippen molar-refractivity contribution in [2.45, 2.75) is 6.92 Å². The van der Waals surface area contributed by atoms with Crippen molar-refractivity contribution in [3.05, 3.63) is 120 Å². The van der Waals surface area contributed by atoms with Gasteiger partial charge in [0, 0.05) is 16.7 Å². The van der Waals surface area contributed by atoms with E-state index in [2.05, 4.69) is 54.6 Å². The van der Waals surface area contributed by atoms with Gasteiger partial charge < -0.3 is 4.74 Å². The number of ether oxygens (including phenoxy) is 1. The highest BCUT2D eigenvalue weighted by molar-refractivity contribution is 6.14. The Morgan fingerprint density at radius 2 is 1.21 bits per heavy atom. The minimum atomic E-state index is 0.664. The maximum atomic E-state index is 5.58. The van der Waals surface area contributed by atoms with Crippen LogP contribution in [0.25, 0.3) is 11.1 Å². The van der Waals surface area contributed by atoms with Gasteiger partial charge in [0.25, 0.3) is 0 Å². The summed E-state index contributed by atoms with van der Waals surface area (Å²) in [6.45, 7) is 2.66. The van der Waals surface area contributed by atoms with Crippen LogP contribution in [-0.2, 0) is 0 Å². The Labute approximate surface area is 172 Å². The molecule has 29 heavy (non-hydrogen) atoms. The van der Waals surface area contributed by atoms with Crippen molar-refractivity contribution in [3.63, 3.8) is 0 Å². The van der Waals surface area contributed by atoms with Crippen LogP contribution in [0.15, 0.2) is 114 Å². The molecule has 0 fully saturated rings. The van der Waals surface area contributed by atoms with Crippen LogP contribution in [0.4, 0.5) is 5.69 Å². The summed E-state index contributed by atoms with van der Waals surface area (Å²) in [5, 5.41) is 0. The summed E-state index contributed by atoms with van der Waals surface area (Å²) in [6, 6.07) is 37.1. The van der Waals surface area contributed by atoms with Gasteiger partial charge in [-0.1, -0.05) is 91.0 Å². The predicted octanol–water partition coefficient (Wildman–Crippen LogP) is 6.92. The number of hydrogen-bond acceptors (Lipinski definition) is 2. The number of rotatable bonds is 6. The Morgan fingerprint density at radius 1 is 0.655 bits per heavy atom. The SMILES string of the molecule is CCOc1ccc(-c2ccccc2N=C(c2ccccc2)c2ccccc2)cc1. The third kappa shape index (κ3) is 4.44. The molecular weight excluding hydrogens is 354 g/mol. The third-order valence-corrected chi connectivity index (χ3v) is 4.71. The summed E-state index contributed by atoms with van der Waals surface area (Å²) >= 11 is 0. The van der Waals surface area contributed by atoms with E-state index in [-0.39, 0.29) is 0 Å². The standard InChI is InChI=1S/C27H23NO/c1-2-29-24-19-17-21(18-20-24)25-15-9-10-16-26(25)28-27(22-11-5-3-6-12-22)23-13-7-4-8-14-23/h3-20H,2H2,1H3. The van der Waals surface area contributed by atoms with Gasteiger partial charge in [0.05, 0.1) is 18.0 Å². The second-order valence-corrected chi connectivity index (χ2v) is 6.67. The van der Waals surface area contributed by atoms with Crippen molar-refractivity contribution in [3.8, 4) is 16.9 Å². The zero-order chi connectivity index (χ0) is 19.9. The Kier molecular flexibility index (Phi) is 5.82. The van der Waals surface area contributed by atoms with E-state index < -0.39 is 0 Å². The molecule has 0 saturated heterocycles. The molecule has 0 spiro atoms. The Morgan fingerprint density at radius 3 is 1.79 bits per heavy atom. The zero-order valence-electron chi connectivity index (χ0n) is 16.5. The normalized spacial score (nSPS) is 10.4. The van der Waals surface area contributed by atoms with Gasteiger partial charge in [-0.15, -0.1) is 0 Å². The first-order valence-corrected chi connectivity index (χ1v) is 9.87. The van der Waals surface area contributed by atoms with Gasteiger partial charge >= 0.3 is 0 Å². The van der Waals surface area contributed by atoms with Crippen molar-refractivity contribution in [2.75, 3.05) is 6.61 Å². The monoisotopic (exact) mass is 377 g/mol. The molecule has 0 aliphatic heterocycles. The highest BCUT2D eigenvalue weighted by atomic mass is 16.5. The van der Waals surface area contributed by atoms with Crippen LogP contribution in [0.2, 0.25) is 0 Å². The van der Waals surface area contributed by atoms with Crippen LogP contribution in [-0.4, -0.2) is 12.3 Å². The van der Waals surface area contributed by atoms with Gasteiger partial charge in [-0.2, -0.15) is 0 Å². The molecule has 142 valence electrons. The topological polar surface area (TPSA) is 21.6 Å². The first-order chi connectivity index (χ1) is 14.3. The lowest BCUT2D eigenvalue weighted by molar-refractivity contribution is 0.340. The molecule has 0 saturated carbocycles. The van der Waals surface area contributed by atoms with Crippen molar-refractivity contribution in [1.29, 1.82) is 0 Å². The van der Waals surface area contributed by atoms with E-state index in [1.807, 2.05) is 61.5 Å². The fraction of sp³-hybridized carbons (Fsp3) is 0.0741. The van der Waals surface area contributed by atoms with Crippen LogP contribution in [0.5, 0.6) is 5.75 Å². The molecule has 0 atom stereocenters. The van der Waals surface area contributed by atoms with E-state index in [9.17, 15) is 0 Å². The molecule has 0 aromatic heterocycles. The van der Waals surface area contributed by atoms with Crippen LogP contribution in [0.3, 0.4) is 0 Å². The van der Waals surface area contributed by atoms with Crippen molar-refractivity contribution in [2.24, 2.45) is 4.99 Å². The highest BCUT2D eigenvalue weighted by Crippen LogP contribution is 2.32. The highest BCUT2D eigenvalue weighted by Gasteiger charge is 2.10. The van der Waals surface area contributed by atoms with Gasteiger partial charge in [-0.25, -0.2) is 4.99 Å². The van der Waals surface area contributed by atoms with Crippen LogP contribution in [0, 0.1) is 0 Å². The van der Waals surface area contributed by atoms with E-state index >= 15 is 0 Å². The summed E-state index contributed by atoms with van der Waals surface area (Å²) in [5.74, 6) is 0.881. The molecule has 2 nitrogen and oxygen atoms in total. The van der Waals surface area contributed by atoms with E-state index in [4.69, 9.17) is 9.73 Å². The van der Waals surface area contributed by atoms with Crippen LogP contribution < -0.4 is 4.74 Å². The smallest absolute Gasteiger partial charge is 0.119 e. The Hall–Kier alpha value is -3.65. The van der Waals surface area contributed by atoms with Crippen LogP contribution in [0.1, 0.15) is 18.1 Å². The molecule has 0 unspecified atom stereocenters. The van der Waals surface area contributed by atoms with Crippen molar-refractivity contribution < 1.29 is 4.74 Å². The Balaban J connectivity index is 1.81. The zero-order valence-corrected chi connectivity index (χ0v) is 16.5. The Bertz CT molecular complexity index is 1040. The lowest BCUT2D eigenvalue weighted by Crippen LogP contribution is -2.02. The molecular formula is C27H23NO. The molecule has 2 heteroatoms. The molecule has 4 aromatic rings. The molecule has 0 bridgehead atoms. The number of aliphatic imine (C=N–C) groups is 1. The van der Waals surface area contributed by atoms with Gasteiger partial charge in [0.2, 0.25) is 0 Å². The predicted molar refractivity (Wildman–Crippen MR) is 121 cm³/mol. The molecule has 0 radical (unpaired) electrons. The maximum Gasteiger partial charge on any atom is 0.119 e. The van der Waals surface area contributed by atoms with E-state index in [0.29, 0.717) is 6.61 Å². The number of nitrogens with zero attached hydrogens (tertiary/aromatic N) is 1. The summed E-state index contributed by atoms with van der Waals surface area (Å²) in [6.07, 6.45) is 0. The fourth-order valence-electron chi connectivity index (χ4n) is 3.32. The molecule has 0 aliphatic rings. The van der Waals surface area contributed by atoms with E-state index in [1.54, 1.807) is 0 Å². The van der Waals surface area contributed by atoms with Gasteiger partial charge in [-0.3, -0.25) is 0 Å². The molecule has 4 aromatic carbocycles. The quantitative estimate of drug-likeness (QED) is 0.334. The molecule has 4 rings (SSSR count). The first kappa shape index (κ1) is 18.7. The minimum Gasteiger partial charge on any atom is -0.494 e. The largest absolute Gasteiger partial charge is 0.494 e. The molecule has 0 aliphatic carbocycles. The summed E-state index contributed by atoms with van der Waals surface area (Å²) in [4.78, 5) is 5.12. The lowest BCUT2D eigenvalue weighted by Gasteiger charge is -2.11.